The molecule has 2 aromatic rings. The van der Waals surface area contributed by atoms with Crippen LogP contribution in [0.4, 0.5) is 0 Å². The molecule has 2 aromatic carbocycles. The molecule has 0 aliphatic heterocycles. The standard InChI is InChI=1S/C26H35NO6/c1-3-5-16-30-21-11-13-22(14-12-21)33-23-10-9-20(18-25(27)28)24(19-23)31-17-7-6-8-26(29)32-15-4-2/h9-14,19H,3-8,15-18H2,1-2H3,(H2,27,28). The molecule has 0 heterocycles. The van der Waals surface area contributed by atoms with Crippen molar-refractivity contribution in [2.75, 3.05) is 19.8 Å². The third-order valence-corrected chi connectivity index (χ3v) is 4.73. The molecule has 0 radical (unpaired) electrons. The molecule has 180 valence electrons. The lowest BCUT2D eigenvalue weighted by Gasteiger charge is -2.14. The molecular weight excluding hydrogens is 422 g/mol. The molecule has 2 N–H and O–H groups in total. The topological polar surface area (TPSA) is 97.1 Å². The maximum atomic E-state index is 11.6. The van der Waals surface area contributed by atoms with Gasteiger partial charge in [0, 0.05) is 18.1 Å². The molecule has 0 saturated carbocycles. The second kappa shape index (κ2) is 14.8. The predicted octanol–water partition coefficient (Wildman–Crippen LogP) is 5.19. The predicted molar refractivity (Wildman–Crippen MR) is 127 cm³/mol. The number of ether oxygens (including phenoxy) is 4. The zero-order valence-corrected chi connectivity index (χ0v) is 19.6. The van der Waals surface area contributed by atoms with Crippen molar-refractivity contribution < 1.29 is 28.5 Å². The van der Waals surface area contributed by atoms with Crippen LogP contribution in [0, 0.1) is 0 Å². The monoisotopic (exact) mass is 457 g/mol. The van der Waals surface area contributed by atoms with E-state index >= 15 is 0 Å². The number of hydrogen-bond donors (Lipinski definition) is 1. The van der Waals surface area contributed by atoms with Gasteiger partial charge in [-0.25, -0.2) is 0 Å². The third-order valence-electron chi connectivity index (χ3n) is 4.73. The highest BCUT2D eigenvalue weighted by Gasteiger charge is 2.10. The van der Waals surface area contributed by atoms with Crippen LogP contribution in [0.25, 0.3) is 0 Å². The molecule has 7 heteroatoms. The second-order valence-electron chi connectivity index (χ2n) is 7.71. The van der Waals surface area contributed by atoms with Crippen LogP contribution >= 0.6 is 0 Å². The summed E-state index contributed by atoms with van der Waals surface area (Å²) in [7, 11) is 0. The zero-order chi connectivity index (χ0) is 23.9. The van der Waals surface area contributed by atoms with E-state index in [0.717, 1.165) is 25.0 Å². The van der Waals surface area contributed by atoms with Gasteiger partial charge in [-0.05, 0) is 56.0 Å². The summed E-state index contributed by atoms with van der Waals surface area (Å²) in [5.74, 6) is 1.96. The lowest BCUT2D eigenvalue weighted by molar-refractivity contribution is -0.143. The Kier molecular flexibility index (Phi) is 11.7. The molecule has 0 aliphatic rings. The fourth-order valence-corrected chi connectivity index (χ4v) is 2.98. The molecule has 0 unspecified atom stereocenters. The van der Waals surface area contributed by atoms with Crippen molar-refractivity contribution in [3.8, 4) is 23.0 Å². The van der Waals surface area contributed by atoms with Gasteiger partial charge in [-0.3, -0.25) is 9.59 Å². The van der Waals surface area contributed by atoms with Crippen LogP contribution in [0.3, 0.4) is 0 Å². The SMILES string of the molecule is CCCCOc1ccc(Oc2ccc(CC(N)=O)c(OCCCCC(=O)OCCC)c2)cc1. The fourth-order valence-electron chi connectivity index (χ4n) is 2.98. The number of carbonyl (C=O) groups is 2. The van der Waals surface area contributed by atoms with Gasteiger partial charge in [0.05, 0.1) is 26.2 Å². The van der Waals surface area contributed by atoms with Crippen LogP contribution in [0.15, 0.2) is 42.5 Å². The average molecular weight is 458 g/mol. The maximum Gasteiger partial charge on any atom is 0.305 e. The van der Waals surface area contributed by atoms with Gasteiger partial charge < -0.3 is 24.7 Å². The highest BCUT2D eigenvalue weighted by Crippen LogP contribution is 2.30. The molecule has 0 saturated heterocycles. The van der Waals surface area contributed by atoms with Crippen molar-refractivity contribution in [3.05, 3.63) is 48.0 Å². The Balaban J connectivity index is 1.93. The minimum Gasteiger partial charge on any atom is -0.494 e. The molecule has 33 heavy (non-hydrogen) atoms. The number of benzene rings is 2. The van der Waals surface area contributed by atoms with E-state index in [2.05, 4.69) is 6.92 Å². The lowest BCUT2D eigenvalue weighted by atomic mass is 10.1. The number of hydrogen-bond acceptors (Lipinski definition) is 6. The Hall–Kier alpha value is -3.22. The minimum absolute atomic E-state index is 0.0722. The van der Waals surface area contributed by atoms with Crippen molar-refractivity contribution in [2.24, 2.45) is 5.73 Å². The molecule has 0 aromatic heterocycles. The van der Waals surface area contributed by atoms with E-state index in [-0.39, 0.29) is 12.4 Å². The zero-order valence-electron chi connectivity index (χ0n) is 19.6. The highest BCUT2D eigenvalue weighted by molar-refractivity contribution is 5.77. The number of carbonyl (C=O) groups excluding carboxylic acids is 2. The summed E-state index contributed by atoms with van der Waals surface area (Å²) in [6, 6.07) is 12.7. The molecule has 0 atom stereocenters. The quantitative estimate of drug-likeness (QED) is 0.275. The van der Waals surface area contributed by atoms with Gasteiger partial charge in [-0.15, -0.1) is 0 Å². The molecule has 0 spiro atoms. The van der Waals surface area contributed by atoms with Crippen molar-refractivity contribution >= 4 is 11.9 Å². The van der Waals surface area contributed by atoms with E-state index in [1.54, 1.807) is 18.2 Å². The van der Waals surface area contributed by atoms with Gasteiger partial charge in [-0.1, -0.05) is 26.3 Å². The Labute approximate surface area is 196 Å². The number of primary amides is 1. The normalized spacial score (nSPS) is 10.5. The Bertz CT molecular complexity index is 866. The maximum absolute atomic E-state index is 11.6. The Morgan fingerprint density at radius 1 is 0.788 bits per heavy atom. The van der Waals surface area contributed by atoms with Gasteiger partial charge in [0.1, 0.15) is 23.0 Å². The minimum atomic E-state index is -0.439. The lowest BCUT2D eigenvalue weighted by Crippen LogP contribution is -2.14. The van der Waals surface area contributed by atoms with Crippen molar-refractivity contribution in [1.29, 1.82) is 0 Å². The van der Waals surface area contributed by atoms with E-state index in [4.69, 9.17) is 24.7 Å². The Morgan fingerprint density at radius 2 is 1.48 bits per heavy atom. The van der Waals surface area contributed by atoms with E-state index < -0.39 is 5.91 Å². The largest absolute Gasteiger partial charge is 0.494 e. The summed E-state index contributed by atoms with van der Waals surface area (Å²) < 4.78 is 22.6. The van der Waals surface area contributed by atoms with E-state index in [0.29, 0.717) is 61.9 Å². The van der Waals surface area contributed by atoms with Gasteiger partial charge >= 0.3 is 5.97 Å². The first-order chi connectivity index (χ1) is 16.0. The van der Waals surface area contributed by atoms with E-state index in [1.807, 2.05) is 31.2 Å². The van der Waals surface area contributed by atoms with Crippen LogP contribution in [-0.2, 0) is 20.7 Å². The van der Waals surface area contributed by atoms with Crippen LogP contribution in [0.1, 0.15) is 57.9 Å². The number of unbranched alkanes of at least 4 members (excludes halogenated alkanes) is 2. The van der Waals surface area contributed by atoms with Crippen LogP contribution < -0.4 is 19.9 Å². The van der Waals surface area contributed by atoms with Crippen molar-refractivity contribution in [2.45, 2.75) is 58.8 Å². The summed E-state index contributed by atoms with van der Waals surface area (Å²) in [5, 5.41) is 0. The first-order valence-corrected chi connectivity index (χ1v) is 11.6. The van der Waals surface area contributed by atoms with E-state index in [1.165, 1.54) is 0 Å². The van der Waals surface area contributed by atoms with Gasteiger partial charge in [0.15, 0.2) is 0 Å². The Morgan fingerprint density at radius 3 is 2.18 bits per heavy atom. The van der Waals surface area contributed by atoms with Crippen LogP contribution in [0.2, 0.25) is 0 Å². The average Bonchev–Trinajstić information content (AvgIpc) is 2.80. The number of nitrogens with two attached hydrogens (primary N) is 1. The first-order valence-electron chi connectivity index (χ1n) is 11.6. The van der Waals surface area contributed by atoms with Crippen LogP contribution in [0.5, 0.6) is 23.0 Å². The summed E-state index contributed by atoms with van der Waals surface area (Å²) in [6.45, 7) is 5.63. The number of esters is 1. The fraction of sp³-hybridized carbons (Fsp3) is 0.462. The summed E-state index contributed by atoms with van der Waals surface area (Å²) in [4.78, 5) is 23.0. The van der Waals surface area contributed by atoms with E-state index in [9.17, 15) is 9.59 Å². The molecule has 0 fully saturated rings. The smallest absolute Gasteiger partial charge is 0.305 e. The highest BCUT2D eigenvalue weighted by atomic mass is 16.5. The molecular formula is C26H35NO6. The van der Waals surface area contributed by atoms with Gasteiger partial charge in [0.2, 0.25) is 5.91 Å². The van der Waals surface area contributed by atoms with Crippen molar-refractivity contribution in [1.82, 2.24) is 0 Å². The molecule has 0 bridgehead atoms. The summed E-state index contributed by atoms with van der Waals surface area (Å²) >= 11 is 0. The molecule has 0 aliphatic carbocycles. The van der Waals surface area contributed by atoms with Crippen LogP contribution in [-0.4, -0.2) is 31.7 Å². The van der Waals surface area contributed by atoms with Gasteiger partial charge in [0.25, 0.3) is 0 Å². The number of amides is 1. The third kappa shape index (κ3) is 10.3. The first kappa shape index (κ1) is 26.0. The summed E-state index contributed by atoms with van der Waals surface area (Å²) in [6.07, 6.45) is 4.69. The van der Waals surface area contributed by atoms with Crippen molar-refractivity contribution in [3.63, 3.8) is 0 Å². The van der Waals surface area contributed by atoms with Gasteiger partial charge in [-0.2, -0.15) is 0 Å². The molecule has 7 nitrogen and oxygen atoms in total. The molecule has 1 amide bonds. The second-order valence-corrected chi connectivity index (χ2v) is 7.71. The molecule has 2 rings (SSSR count). The number of rotatable bonds is 16. The summed E-state index contributed by atoms with van der Waals surface area (Å²) in [5.41, 5.74) is 6.06.